The molecule has 0 aromatic rings. The van der Waals surface area contributed by atoms with Crippen LogP contribution in [-0.2, 0) is 0 Å². The first-order valence-electron chi connectivity index (χ1n) is 7.59. The van der Waals surface area contributed by atoms with Gasteiger partial charge < -0.3 is 15.5 Å². The van der Waals surface area contributed by atoms with Gasteiger partial charge in [-0.2, -0.15) is 0 Å². The number of hydrogen-bond acceptors (Lipinski definition) is 5. The van der Waals surface area contributed by atoms with E-state index in [1.165, 1.54) is 6.08 Å². The van der Waals surface area contributed by atoms with E-state index >= 15 is 0 Å². The molecule has 1 saturated heterocycles. The summed E-state index contributed by atoms with van der Waals surface area (Å²) in [6, 6.07) is 0.408. The zero-order valence-electron chi connectivity index (χ0n) is 12.6. The second-order valence-electron chi connectivity index (χ2n) is 6.30. The van der Waals surface area contributed by atoms with E-state index in [-0.39, 0.29) is 17.9 Å². The average molecular weight is 293 g/mol. The van der Waals surface area contributed by atoms with Crippen molar-refractivity contribution in [3.63, 3.8) is 0 Å². The van der Waals surface area contributed by atoms with Gasteiger partial charge in [0.05, 0.1) is 12.1 Å². The van der Waals surface area contributed by atoms with Gasteiger partial charge in [0.25, 0.3) is 0 Å². The van der Waals surface area contributed by atoms with Gasteiger partial charge in [-0.05, 0) is 18.1 Å². The van der Waals surface area contributed by atoms with Crippen LogP contribution in [0.1, 0.15) is 13.8 Å². The summed E-state index contributed by atoms with van der Waals surface area (Å²) in [4.78, 5) is 2.29. The van der Waals surface area contributed by atoms with Gasteiger partial charge >= 0.3 is 0 Å². The standard InChI is InChI=1S/C15H24FN5/c1-10(2)14-9-20(5-6-21(14)17)15-8-18-12-4-3-11(16)7-13(12)19-15/h3-4,7-8,10,12-14,18-19H,5-6,9,17H2,1-2H3. The van der Waals surface area contributed by atoms with E-state index in [1.54, 1.807) is 6.08 Å². The second-order valence-corrected chi connectivity index (χ2v) is 6.30. The first-order chi connectivity index (χ1) is 10.0. The molecule has 116 valence electrons. The summed E-state index contributed by atoms with van der Waals surface area (Å²) in [6.45, 7) is 6.97. The SMILES string of the molecule is CC(C)C1CN(C2=CNC3C=CC(F)=CC3N2)CCN1N. The predicted octanol–water partition coefficient (Wildman–Crippen LogP) is 0.654. The van der Waals surface area contributed by atoms with Crippen molar-refractivity contribution in [3.05, 3.63) is 36.1 Å². The molecule has 0 aromatic carbocycles. The molecule has 0 bridgehead atoms. The van der Waals surface area contributed by atoms with E-state index in [9.17, 15) is 4.39 Å². The Labute approximate surface area is 125 Å². The third kappa shape index (κ3) is 2.91. The number of nitrogens with two attached hydrogens (primary N) is 1. The lowest BCUT2D eigenvalue weighted by atomic mass is 9.99. The first-order valence-corrected chi connectivity index (χ1v) is 7.59. The van der Waals surface area contributed by atoms with Crippen molar-refractivity contribution < 1.29 is 4.39 Å². The fourth-order valence-electron chi connectivity index (χ4n) is 3.14. The molecular formula is C15H24FN5. The molecule has 1 fully saturated rings. The number of rotatable bonds is 2. The number of hydrogen-bond donors (Lipinski definition) is 3. The van der Waals surface area contributed by atoms with E-state index in [1.807, 2.05) is 17.3 Å². The van der Waals surface area contributed by atoms with Gasteiger partial charge in [0.1, 0.15) is 11.6 Å². The molecule has 0 aromatic heterocycles. The Morgan fingerprint density at radius 1 is 1.33 bits per heavy atom. The Morgan fingerprint density at radius 2 is 2.14 bits per heavy atom. The van der Waals surface area contributed by atoms with Crippen LogP contribution < -0.4 is 16.5 Å². The smallest absolute Gasteiger partial charge is 0.121 e. The number of nitrogens with zero attached hydrogens (tertiary/aromatic N) is 2. The molecule has 3 aliphatic rings. The number of allylic oxidation sites excluding steroid dienone is 2. The summed E-state index contributed by atoms with van der Waals surface area (Å²) >= 11 is 0. The number of halogens is 1. The van der Waals surface area contributed by atoms with E-state index in [0.717, 1.165) is 25.5 Å². The van der Waals surface area contributed by atoms with Gasteiger partial charge in [-0.3, -0.25) is 5.84 Å². The molecular weight excluding hydrogens is 269 g/mol. The quantitative estimate of drug-likeness (QED) is 0.653. The fraction of sp³-hybridized carbons (Fsp3) is 0.600. The van der Waals surface area contributed by atoms with Crippen molar-refractivity contribution in [2.24, 2.45) is 11.8 Å². The van der Waals surface area contributed by atoms with Gasteiger partial charge in [-0.25, -0.2) is 9.40 Å². The van der Waals surface area contributed by atoms with Crippen LogP contribution in [0.2, 0.25) is 0 Å². The highest BCUT2D eigenvalue weighted by Crippen LogP contribution is 2.21. The molecule has 2 heterocycles. The summed E-state index contributed by atoms with van der Waals surface area (Å²) in [5.74, 6) is 7.42. The maximum atomic E-state index is 13.4. The van der Waals surface area contributed by atoms with Crippen LogP contribution in [0, 0.1) is 5.92 Å². The number of hydrazine groups is 1. The van der Waals surface area contributed by atoms with Crippen molar-refractivity contribution in [2.75, 3.05) is 19.6 Å². The van der Waals surface area contributed by atoms with Crippen molar-refractivity contribution in [1.29, 1.82) is 0 Å². The summed E-state index contributed by atoms with van der Waals surface area (Å²) in [6.07, 6.45) is 6.99. The van der Waals surface area contributed by atoms with Crippen LogP contribution in [0.3, 0.4) is 0 Å². The molecule has 0 radical (unpaired) electrons. The zero-order chi connectivity index (χ0) is 15.0. The predicted molar refractivity (Wildman–Crippen MR) is 81.4 cm³/mol. The molecule has 0 saturated carbocycles. The van der Waals surface area contributed by atoms with E-state index in [4.69, 9.17) is 5.84 Å². The van der Waals surface area contributed by atoms with Crippen molar-refractivity contribution in [2.45, 2.75) is 32.0 Å². The van der Waals surface area contributed by atoms with Crippen LogP contribution in [0.15, 0.2) is 36.1 Å². The monoisotopic (exact) mass is 293 g/mol. The van der Waals surface area contributed by atoms with Crippen LogP contribution >= 0.6 is 0 Å². The van der Waals surface area contributed by atoms with Gasteiger partial charge in [0.2, 0.25) is 0 Å². The van der Waals surface area contributed by atoms with Crippen LogP contribution in [-0.4, -0.2) is 47.7 Å². The lowest BCUT2D eigenvalue weighted by molar-refractivity contribution is 0.0612. The Hall–Kier alpha value is -1.53. The van der Waals surface area contributed by atoms with Crippen molar-refractivity contribution >= 4 is 0 Å². The number of nitrogens with one attached hydrogen (secondary N) is 2. The zero-order valence-corrected chi connectivity index (χ0v) is 12.6. The lowest BCUT2D eigenvalue weighted by Crippen LogP contribution is -2.60. The second kappa shape index (κ2) is 5.69. The highest BCUT2D eigenvalue weighted by molar-refractivity contribution is 5.29. The molecule has 4 N–H and O–H groups in total. The van der Waals surface area contributed by atoms with E-state index in [2.05, 4.69) is 29.4 Å². The third-order valence-electron chi connectivity index (χ3n) is 4.49. The van der Waals surface area contributed by atoms with Gasteiger partial charge in [-0.15, -0.1) is 0 Å². The molecule has 2 aliphatic heterocycles. The topological polar surface area (TPSA) is 56.6 Å². The average Bonchev–Trinajstić information content (AvgIpc) is 2.46. The molecule has 6 heteroatoms. The van der Waals surface area contributed by atoms with E-state index < -0.39 is 0 Å². The maximum Gasteiger partial charge on any atom is 0.121 e. The van der Waals surface area contributed by atoms with Crippen molar-refractivity contribution in [3.8, 4) is 0 Å². The van der Waals surface area contributed by atoms with Gasteiger partial charge in [-0.1, -0.05) is 19.9 Å². The van der Waals surface area contributed by atoms with E-state index in [0.29, 0.717) is 12.0 Å². The Kier molecular flexibility index (Phi) is 3.91. The molecule has 3 rings (SSSR count). The van der Waals surface area contributed by atoms with Crippen LogP contribution in [0.4, 0.5) is 4.39 Å². The Morgan fingerprint density at radius 3 is 2.90 bits per heavy atom. The minimum atomic E-state index is -0.182. The molecule has 0 spiro atoms. The number of fused-ring (bicyclic) bond motifs is 1. The van der Waals surface area contributed by atoms with Crippen LogP contribution in [0.5, 0.6) is 0 Å². The molecule has 3 atom stereocenters. The minimum absolute atomic E-state index is 0.0385. The third-order valence-corrected chi connectivity index (χ3v) is 4.49. The fourth-order valence-corrected chi connectivity index (χ4v) is 3.14. The molecule has 0 amide bonds. The normalized spacial score (nSPS) is 33.0. The molecule has 1 aliphatic carbocycles. The van der Waals surface area contributed by atoms with Crippen LogP contribution in [0.25, 0.3) is 0 Å². The summed E-state index contributed by atoms with van der Waals surface area (Å²) in [7, 11) is 0. The lowest BCUT2D eigenvalue weighted by Gasteiger charge is -2.45. The summed E-state index contributed by atoms with van der Waals surface area (Å²) in [5, 5.41) is 8.70. The highest BCUT2D eigenvalue weighted by atomic mass is 19.1. The summed E-state index contributed by atoms with van der Waals surface area (Å²) in [5.41, 5.74) is 0. The first kappa shape index (κ1) is 14.4. The summed E-state index contributed by atoms with van der Waals surface area (Å²) < 4.78 is 13.4. The van der Waals surface area contributed by atoms with Gasteiger partial charge in [0, 0.05) is 31.9 Å². The molecule has 3 unspecified atom stereocenters. The van der Waals surface area contributed by atoms with Gasteiger partial charge in [0.15, 0.2) is 0 Å². The van der Waals surface area contributed by atoms with Crippen molar-refractivity contribution in [1.82, 2.24) is 20.5 Å². The molecule has 5 nitrogen and oxygen atoms in total. The number of piperazine rings is 1. The largest absolute Gasteiger partial charge is 0.379 e. The minimum Gasteiger partial charge on any atom is -0.379 e. The maximum absolute atomic E-state index is 13.4. The Balaban J connectivity index is 1.70. The molecule has 21 heavy (non-hydrogen) atoms. The highest BCUT2D eigenvalue weighted by Gasteiger charge is 2.31. The Bertz CT molecular complexity index is 484.